The van der Waals surface area contributed by atoms with Crippen LogP contribution < -0.4 is 10.9 Å². The third-order valence-corrected chi connectivity index (χ3v) is 6.69. The second-order valence-corrected chi connectivity index (χ2v) is 8.93. The number of alkyl halides is 3. The minimum atomic E-state index is -4.87. The average Bonchev–Trinajstić information content (AvgIpc) is 3.19. The van der Waals surface area contributed by atoms with Crippen LogP contribution >= 0.6 is 0 Å². The molecule has 1 atom stereocenters. The summed E-state index contributed by atoms with van der Waals surface area (Å²) in [6.45, 7) is 1.03. The van der Waals surface area contributed by atoms with Crippen LogP contribution in [0.4, 0.5) is 29.5 Å². The van der Waals surface area contributed by atoms with Crippen LogP contribution in [0.25, 0.3) is 10.9 Å². The van der Waals surface area contributed by atoms with Gasteiger partial charge in [-0.05, 0) is 43.5 Å². The number of aromatic amines is 1. The van der Waals surface area contributed by atoms with Gasteiger partial charge in [0.1, 0.15) is 5.39 Å². The first-order chi connectivity index (χ1) is 16.9. The van der Waals surface area contributed by atoms with E-state index in [9.17, 15) is 38.2 Å². The van der Waals surface area contributed by atoms with Gasteiger partial charge in [0.05, 0.1) is 23.5 Å². The molecule has 13 heteroatoms. The lowest BCUT2D eigenvalue weighted by molar-refractivity contribution is -0.258. The third-order valence-electron chi connectivity index (χ3n) is 6.69. The summed E-state index contributed by atoms with van der Waals surface area (Å²) in [7, 11) is 0. The summed E-state index contributed by atoms with van der Waals surface area (Å²) in [5.74, 6) is 0.125. The summed E-state index contributed by atoms with van der Waals surface area (Å²) in [5.41, 5.74) is -3.97. The van der Waals surface area contributed by atoms with Gasteiger partial charge in [-0.25, -0.2) is 4.79 Å². The lowest BCUT2D eigenvalue weighted by Crippen LogP contribution is -2.48. The molecule has 0 aliphatic carbocycles. The highest BCUT2D eigenvalue weighted by Crippen LogP contribution is 2.40. The first kappa shape index (κ1) is 25.1. The molecule has 4 rings (SSSR count). The van der Waals surface area contributed by atoms with Crippen molar-refractivity contribution in [1.29, 1.82) is 5.26 Å². The van der Waals surface area contributed by atoms with E-state index in [1.807, 2.05) is 0 Å². The SMILES string of the molecule is CC(O)(c1ccc(Nc2nn(C3(CC#N)CCN(C(=O)O)CC3)c3cc[nH]c(=O)c23)cc1)C(F)(F)F. The first-order valence-electron chi connectivity index (χ1n) is 11.0. The highest BCUT2D eigenvalue weighted by Gasteiger charge is 2.51. The Morgan fingerprint density at radius 1 is 1.25 bits per heavy atom. The molecule has 0 spiro atoms. The fourth-order valence-corrected chi connectivity index (χ4v) is 4.43. The molecule has 0 radical (unpaired) electrons. The molecular formula is C23H23F3N6O4. The number of likely N-dealkylation sites (tertiary alicyclic amines) is 1. The van der Waals surface area contributed by atoms with Crippen molar-refractivity contribution in [2.24, 2.45) is 0 Å². The number of fused-ring (bicyclic) bond motifs is 1. The number of nitrogens with one attached hydrogen (secondary N) is 2. The molecule has 36 heavy (non-hydrogen) atoms. The number of benzene rings is 1. The average molecular weight is 504 g/mol. The Balaban J connectivity index is 1.74. The number of piperidine rings is 1. The van der Waals surface area contributed by atoms with E-state index in [-0.39, 0.29) is 36.3 Å². The zero-order valence-electron chi connectivity index (χ0n) is 19.1. The zero-order chi connectivity index (χ0) is 26.3. The number of aromatic nitrogens is 3. The molecule has 1 aliphatic rings. The molecule has 1 aliphatic heterocycles. The summed E-state index contributed by atoms with van der Waals surface area (Å²) in [6, 6.07) is 8.67. The van der Waals surface area contributed by atoms with E-state index in [0.717, 1.165) is 12.1 Å². The van der Waals surface area contributed by atoms with Crippen molar-refractivity contribution in [1.82, 2.24) is 19.7 Å². The van der Waals surface area contributed by atoms with Crippen molar-refractivity contribution in [2.45, 2.75) is 43.5 Å². The number of nitriles is 1. The van der Waals surface area contributed by atoms with Gasteiger partial charge in [-0.1, -0.05) is 12.1 Å². The van der Waals surface area contributed by atoms with Crippen LogP contribution in [0.2, 0.25) is 0 Å². The monoisotopic (exact) mass is 504 g/mol. The molecule has 3 heterocycles. The number of rotatable bonds is 5. The molecular weight excluding hydrogens is 481 g/mol. The van der Waals surface area contributed by atoms with Crippen LogP contribution in [-0.4, -0.2) is 55.2 Å². The molecule has 1 unspecified atom stereocenters. The van der Waals surface area contributed by atoms with Crippen LogP contribution in [0, 0.1) is 11.3 Å². The predicted molar refractivity (Wildman–Crippen MR) is 123 cm³/mol. The summed E-state index contributed by atoms with van der Waals surface area (Å²) < 4.78 is 41.0. The molecule has 10 nitrogen and oxygen atoms in total. The molecule has 1 aromatic carbocycles. The van der Waals surface area contributed by atoms with E-state index < -0.39 is 29.0 Å². The largest absolute Gasteiger partial charge is 0.465 e. The fraction of sp³-hybridized carbons (Fsp3) is 0.391. The third kappa shape index (κ3) is 4.24. The maximum absolute atomic E-state index is 13.2. The van der Waals surface area contributed by atoms with Crippen molar-refractivity contribution < 1.29 is 28.2 Å². The number of halogens is 3. The van der Waals surface area contributed by atoms with Crippen LogP contribution in [0.5, 0.6) is 0 Å². The minimum absolute atomic E-state index is 0.0324. The first-order valence-corrected chi connectivity index (χ1v) is 11.0. The Labute approximate surface area is 202 Å². The van der Waals surface area contributed by atoms with E-state index in [4.69, 9.17) is 0 Å². The van der Waals surface area contributed by atoms with Gasteiger partial charge in [-0.2, -0.15) is 23.5 Å². The Morgan fingerprint density at radius 2 is 1.89 bits per heavy atom. The normalized spacial score (nSPS) is 17.4. The number of hydrogen-bond donors (Lipinski definition) is 4. The minimum Gasteiger partial charge on any atom is -0.465 e. The van der Waals surface area contributed by atoms with Crippen molar-refractivity contribution in [3.63, 3.8) is 0 Å². The second-order valence-electron chi connectivity index (χ2n) is 8.93. The van der Waals surface area contributed by atoms with E-state index in [1.54, 1.807) is 10.7 Å². The molecule has 190 valence electrons. The standard InChI is InChI=1S/C23H23F3N6O4/c1-21(36,23(24,25)26)14-2-4-15(5-3-14)29-18-17-16(6-11-28-19(17)33)32(30-18)22(7-10-27)8-12-31(13-9-22)20(34)35/h2-6,11,36H,7-9,12-13H2,1H3,(H,28,33)(H,29,30)(H,34,35). The molecule has 1 saturated heterocycles. The van der Waals surface area contributed by atoms with Gasteiger partial charge in [0.25, 0.3) is 5.56 Å². The number of hydrogen-bond acceptors (Lipinski definition) is 6. The number of amides is 1. The Bertz CT molecular complexity index is 1380. The predicted octanol–water partition coefficient (Wildman–Crippen LogP) is 3.62. The number of carbonyl (C=O) groups is 1. The maximum atomic E-state index is 13.2. The fourth-order valence-electron chi connectivity index (χ4n) is 4.43. The van der Waals surface area contributed by atoms with Gasteiger partial charge in [-0.3, -0.25) is 9.48 Å². The summed E-state index contributed by atoms with van der Waals surface area (Å²) in [5, 5.41) is 36.4. The van der Waals surface area contributed by atoms with E-state index in [2.05, 4.69) is 21.5 Å². The summed E-state index contributed by atoms with van der Waals surface area (Å²) in [6.07, 6.45) is -3.85. The number of anilines is 2. The van der Waals surface area contributed by atoms with Crippen LogP contribution in [0.3, 0.4) is 0 Å². The van der Waals surface area contributed by atoms with Crippen molar-refractivity contribution in [2.75, 3.05) is 18.4 Å². The number of H-pyrrole nitrogens is 1. The van der Waals surface area contributed by atoms with Gasteiger partial charge in [0.2, 0.25) is 0 Å². The van der Waals surface area contributed by atoms with Gasteiger partial charge in [0, 0.05) is 25.0 Å². The smallest absolute Gasteiger partial charge is 0.421 e. The molecule has 4 N–H and O–H groups in total. The van der Waals surface area contributed by atoms with Crippen LogP contribution in [0.15, 0.2) is 41.3 Å². The Morgan fingerprint density at radius 3 is 2.44 bits per heavy atom. The number of carboxylic acid groups (broad SMARTS) is 1. The van der Waals surface area contributed by atoms with Gasteiger partial charge in [-0.15, -0.1) is 0 Å². The number of nitrogens with zero attached hydrogens (tertiary/aromatic N) is 4. The lowest BCUT2D eigenvalue weighted by atomic mass is 9.85. The molecule has 1 amide bonds. The van der Waals surface area contributed by atoms with Gasteiger partial charge in [0.15, 0.2) is 11.4 Å². The summed E-state index contributed by atoms with van der Waals surface area (Å²) >= 11 is 0. The highest BCUT2D eigenvalue weighted by atomic mass is 19.4. The molecule has 0 bridgehead atoms. The molecule has 2 aromatic heterocycles. The summed E-state index contributed by atoms with van der Waals surface area (Å²) in [4.78, 5) is 27.9. The molecule has 3 aromatic rings. The van der Waals surface area contributed by atoms with Crippen LogP contribution in [-0.2, 0) is 11.1 Å². The molecule has 0 saturated carbocycles. The van der Waals surface area contributed by atoms with Crippen molar-refractivity contribution in [3.8, 4) is 6.07 Å². The van der Waals surface area contributed by atoms with E-state index in [0.29, 0.717) is 31.0 Å². The highest BCUT2D eigenvalue weighted by molar-refractivity contribution is 5.91. The van der Waals surface area contributed by atoms with E-state index >= 15 is 0 Å². The van der Waals surface area contributed by atoms with Gasteiger partial charge >= 0.3 is 12.3 Å². The number of pyridine rings is 1. The van der Waals surface area contributed by atoms with Gasteiger partial charge < -0.3 is 25.4 Å². The quantitative estimate of drug-likeness (QED) is 0.415. The zero-order valence-corrected chi connectivity index (χ0v) is 19.1. The topological polar surface area (TPSA) is 147 Å². The number of aliphatic hydroxyl groups is 1. The Kier molecular flexibility index (Phi) is 6.17. The maximum Gasteiger partial charge on any atom is 0.421 e. The second kappa shape index (κ2) is 8.87. The Hall–Kier alpha value is -4.05. The van der Waals surface area contributed by atoms with Crippen LogP contribution in [0.1, 0.15) is 31.7 Å². The van der Waals surface area contributed by atoms with E-state index in [1.165, 1.54) is 23.2 Å². The van der Waals surface area contributed by atoms with Crippen molar-refractivity contribution >= 4 is 28.5 Å². The van der Waals surface area contributed by atoms with Crippen molar-refractivity contribution in [3.05, 3.63) is 52.4 Å². The lowest BCUT2D eigenvalue weighted by Gasteiger charge is -2.40. The molecule has 1 fully saturated rings.